The molecule has 0 spiro atoms. The van der Waals surface area contributed by atoms with Crippen LogP contribution in [0.25, 0.3) is 22.6 Å². The maximum absolute atomic E-state index is 12.9. The third kappa shape index (κ3) is 2.93. The van der Waals surface area contributed by atoms with E-state index in [2.05, 4.69) is 0 Å². The van der Waals surface area contributed by atoms with E-state index in [0.717, 1.165) is 11.1 Å². The fourth-order valence-corrected chi connectivity index (χ4v) is 3.51. The number of aromatic carboxylic acids is 1. The Morgan fingerprint density at radius 1 is 1.07 bits per heavy atom. The van der Waals surface area contributed by atoms with E-state index in [1.54, 1.807) is 14.2 Å². The van der Waals surface area contributed by atoms with Gasteiger partial charge in [-0.25, -0.2) is 4.79 Å². The Balaban J connectivity index is 1.82. The molecule has 0 aliphatic heterocycles. The number of carbonyl (C=O) groups is 1. The van der Waals surface area contributed by atoms with Gasteiger partial charge in [0.1, 0.15) is 11.3 Å². The van der Waals surface area contributed by atoms with Crippen molar-refractivity contribution in [3.8, 4) is 11.5 Å². The molecule has 1 aliphatic carbocycles. The minimum absolute atomic E-state index is 0.0684. The fourth-order valence-electron chi connectivity index (χ4n) is 3.51. The molecule has 0 unspecified atom stereocenters. The molecular weight excluding hydrogens is 360 g/mol. The number of allylic oxidation sites excluding steroid dienone is 1. The second-order valence-corrected chi connectivity index (χ2v) is 6.54. The molecule has 28 heavy (non-hydrogen) atoms. The molecule has 0 saturated heterocycles. The van der Waals surface area contributed by atoms with Crippen LogP contribution in [0.4, 0.5) is 0 Å². The Hall–Kier alpha value is -3.54. The highest BCUT2D eigenvalue weighted by Gasteiger charge is 2.24. The monoisotopic (exact) mass is 378 g/mol. The molecule has 6 heteroatoms. The third-order valence-corrected chi connectivity index (χ3v) is 4.92. The summed E-state index contributed by atoms with van der Waals surface area (Å²) < 4.78 is 16.6. The summed E-state index contributed by atoms with van der Waals surface area (Å²) in [5, 5.41) is 9.45. The topological polar surface area (TPSA) is 86.0 Å². The van der Waals surface area contributed by atoms with Crippen LogP contribution < -0.4 is 14.9 Å². The molecule has 3 aromatic rings. The van der Waals surface area contributed by atoms with E-state index in [1.165, 1.54) is 18.2 Å². The van der Waals surface area contributed by atoms with Gasteiger partial charge < -0.3 is 19.0 Å². The molecule has 0 radical (unpaired) electrons. The second-order valence-electron chi connectivity index (χ2n) is 6.54. The summed E-state index contributed by atoms with van der Waals surface area (Å²) in [6, 6.07) is 9.94. The lowest BCUT2D eigenvalue weighted by molar-refractivity contribution is 0.0697. The number of methoxy groups -OCH3 is 2. The first-order valence-corrected chi connectivity index (χ1v) is 8.78. The smallest absolute Gasteiger partial charge is 0.335 e. The van der Waals surface area contributed by atoms with E-state index >= 15 is 0 Å². The van der Waals surface area contributed by atoms with Crippen LogP contribution in [0.1, 0.15) is 33.7 Å². The molecule has 6 nitrogen and oxygen atoms in total. The van der Waals surface area contributed by atoms with Crippen LogP contribution in [0.15, 0.2) is 45.6 Å². The second kappa shape index (κ2) is 6.88. The van der Waals surface area contributed by atoms with Gasteiger partial charge in [0.05, 0.1) is 25.2 Å². The average Bonchev–Trinajstić information content (AvgIpc) is 3.10. The molecule has 0 amide bonds. The summed E-state index contributed by atoms with van der Waals surface area (Å²) in [6.45, 7) is 0. The van der Waals surface area contributed by atoms with E-state index < -0.39 is 5.97 Å². The zero-order valence-corrected chi connectivity index (χ0v) is 15.4. The van der Waals surface area contributed by atoms with Gasteiger partial charge >= 0.3 is 5.97 Å². The van der Waals surface area contributed by atoms with Gasteiger partial charge in [-0.2, -0.15) is 0 Å². The van der Waals surface area contributed by atoms with Crippen molar-refractivity contribution in [3.05, 3.63) is 69.1 Å². The Kier molecular flexibility index (Phi) is 4.39. The molecule has 0 fully saturated rings. The number of benzene rings is 2. The molecule has 1 heterocycles. The van der Waals surface area contributed by atoms with Crippen LogP contribution in [0.3, 0.4) is 0 Å². The molecule has 0 saturated carbocycles. The lowest BCUT2D eigenvalue weighted by atomic mass is 10.1. The molecule has 1 aromatic heterocycles. The number of hydrogen-bond acceptors (Lipinski definition) is 5. The third-order valence-electron chi connectivity index (χ3n) is 4.92. The summed E-state index contributed by atoms with van der Waals surface area (Å²) in [5.74, 6) is 0.755. The Bertz CT molecular complexity index is 1190. The lowest BCUT2D eigenvalue weighted by Crippen LogP contribution is -2.09. The molecule has 1 aliphatic rings. The zero-order valence-electron chi connectivity index (χ0n) is 15.4. The van der Waals surface area contributed by atoms with E-state index in [1.807, 2.05) is 24.3 Å². The van der Waals surface area contributed by atoms with Gasteiger partial charge in [-0.3, -0.25) is 4.79 Å². The molecule has 4 rings (SSSR count). The minimum atomic E-state index is -1.07. The number of hydrogen-bond donors (Lipinski definition) is 1. The number of carboxylic acids is 1. The van der Waals surface area contributed by atoms with Crippen molar-refractivity contribution in [1.82, 2.24) is 0 Å². The maximum Gasteiger partial charge on any atom is 0.335 e. The predicted octanol–water partition coefficient (Wildman–Crippen LogP) is 4.00. The molecule has 1 N–H and O–H groups in total. The Labute approximate surface area is 160 Å². The summed E-state index contributed by atoms with van der Waals surface area (Å²) in [6.07, 6.45) is 3.20. The number of rotatable bonds is 4. The fraction of sp³-hybridized carbons (Fsp3) is 0.182. The van der Waals surface area contributed by atoms with Crippen LogP contribution >= 0.6 is 0 Å². The maximum atomic E-state index is 12.9. The van der Waals surface area contributed by atoms with Gasteiger partial charge in [-0.15, -0.1) is 0 Å². The highest BCUT2D eigenvalue weighted by Crippen LogP contribution is 2.35. The van der Waals surface area contributed by atoms with Crippen molar-refractivity contribution in [1.29, 1.82) is 0 Å². The SMILES string of the molecule is COc1ccc(C=C2CCc3c2oc2ccc(C(=O)O)cc2c3=O)cc1OC. The van der Waals surface area contributed by atoms with Crippen LogP contribution in [0, 0.1) is 0 Å². The van der Waals surface area contributed by atoms with Gasteiger partial charge in [-0.05, 0) is 60.4 Å². The first kappa shape index (κ1) is 17.9. The normalized spacial score (nSPS) is 14.3. The van der Waals surface area contributed by atoms with Gasteiger partial charge in [0.15, 0.2) is 16.9 Å². The van der Waals surface area contributed by atoms with Gasteiger partial charge in [0.25, 0.3) is 0 Å². The zero-order chi connectivity index (χ0) is 19.8. The first-order valence-electron chi connectivity index (χ1n) is 8.78. The van der Waals surface area contributed by atoms with Crippen LogP contribution in [-0.2, 0) is 6.42 Å². The Morgan fingerprint density at radius 3 is 2.57 bits per heavy atom. The van der Waals surface area contributed by atoms with Crippen molar-refractivity contribution in [2.24, 2.45) is 0 Å². The molecule has 0 bridgehead atoms. The van der Waals surface area contributed by atoms with Crippen molar-refractivity contribution in [2.75, 3.05) is 14.2 Å². The summed E-state index contributed by atoms with van der Waals surface area (Å²) in [5.41, 5.74) is 2.69. The van der Waals surface area contributed by atoms with Gasteiger partial charge in [-0.1, -0.05) is 6.07 Å². The Morgan fingerprint density at radius 2 is 1.86 bits per heavy atom. The highest BCUT2D eigenvalue weighted by molar-refractivity contribution is 5.94. The standard InChI is InChI=1S/C22H18O6/c1-26-18-7-3-12(10-19(18)27-2)9-13-4-6-15-20(23)16-11-14(22(24)25)5-8-17(16)28-21(13)15/h3,5,7-11H,4,6H2,1-2H3,(H,24,25). The molecular formula is C22H18O6. The quantitative estimate of drug-likeness (QED) is 0.739. The van der Waals surface area contributed by atoms with Crippen molar-refractivity contribution < 1.29 is 23.8 Å². The van der Waals surface area contributed by atoms with Crippen molar-refractivity contribution in [2.45, 2.75) is 12.8 Å². The number of carboxylic acid groups (broad SMARTS) is 1. The summed E-state index contributed by atoms with van der Waals surface area (Å²) in [7, 11) is 3.16. The van der Waals surface area contributed by atoms with Gasteiger partial charge in [0.2, 0.25) is 0 Å². The first-order chi connectivity index (χ1) is 13.5. The van der Waals surface area contributed by atoms with Crippen molar-refractivity contribution in [3.63, 3.8) is 0 Å². The van der Waals surface area contributed by atoms with E-state index in [4.69, 9.17) is 19.0 Å². The molecule has 0 atom stereocenters. The van der Waals surface area contributed by atoms with Crippen molar-refractivity contribution >= 4 is 28.6 Å². The largest absolute Gasteiger partial charge is 0.493 e. The summed E-state index contributed by atoms with van der Waals surface area (Å²) >= 11 is 0. The molecule has 142 valence electrons. The van der Waals surface area contributed by atoms with E-state index in [0.29, 0.717) is 46.6 Å². The average molecular weight is 378 g/mol. The van der Waals surface area contributed by atoms with E-state index in [9.17, 15) is 9.59 Å². The van der Waals surface area contributed by atoms with Crippen LogP contribution in [0.5, 0.6) is 11.5 Å². The lowest BCUT2D eigenvalue weighted by Gasteiger charge is -2.08. The van der Waals surface area contributed by atoms with Gasteiger partial charge in [0, 0.05) is 5.56 Å². The van der Waals surface area contributed by atoms with Crippen LogP contribution in [-0.4, -0.2) is 25.3 Å². The number of ether oxygens (including phenoxy) is 2. The minimum Gasteiger partial charge on any atom is -0.493 e. The van der Waals surface area contributed by atoms with Crippen LogP contribution in [0.2, 0.25) is 0 Å². The predicted molar refractivity (Wildman–Crippen MR) is 105 cm³/mol. The molecule has 2 aromatic carbocycles. The number of fused-ring (bicyclic) bond motifs is 2. The summed E-state index contributed by atoms with van der Waals surface area (Å²) in [4.78, 5) is 24.0. The highest BCUT2D eigenvalue weighted by atomic mass is 16.5. The van der Waals surface area contributed by atoms with E-state index in [-0.39, 0.29) is 11.0 Å².